The van der Waals surface area contributed by atoms with Gasteiger partial charge in [-0.15, -0.1) is 0 Å². The van der Waals surface area contributed by atoms with Crippen molar-refractivity contribution in [3.8, 4) is 5.75 Å². The highest BCUT2D eigenvalue weighted by Crippen LogP contribution is 2.40. The van der Waals surface area contributed by atoms with Crippen LogP contribution in [0.3, 0.4) is 0 Å². The van der Waals surface area contributed by atoms with Gasteiger partial charge in [-0.2, -0.15) is 17.8 Å². The van der Waals surface area contributed by atoms with Crippen LogP contribution in [0.2, 0.25) is 0 Å². The molecule has 1 saturated heterocycles. The van der Waals surface area contributed by atoms with Crippen molar-refractivity contribution >= 4 is 27.3 Å². The van der Waals surface area contributed by atoms with E-state index in [1.807, 2.05) is 6.07 Å². The van der Waals surface area contributed by atoms with Gasteiger partial charge in [-0.1, -0.05) is 13.8 Å². The molecule has 1 atom stereocenters. The van der Waals surface area contributed by atoms with Crippen LogP contribution < -0.4 is 14.4 Å². The number of carbonyl (C=O) groups excluding carboxylic acids is 1. The van der Waals surface area contributed by atoms with Gasteiger partial charge in [0.1, 0.15) is 24.8 Å². The first kappa shape index (κ1) is 25.8. The van der Waals surface area contributed by atoms with E-state index >= 15 is 0 Å². The molecular weight excluding hydrogens is 492 g/mol. The predicted molar refractivity (Wildman–Crippen MR) is 132 cm³/mol. The maximum atomic E-state index is 14.1. The fourth-order valence-electron chi connectivity index (χ4n) is 4.58. The van der Waals surface area contributed by atoms with Crippen LogP contribution in [0.5, 0.6) is 5.75 Å². The lowest BCUT2D eigenvalue weighted by atomic mass is 10.0. The zero-order valence-electron chi connectivity index (χ0n) is 20.2. The van der Waals surface area contributed by atoms with Crippen LogP contribution in [0.1, 0.15) is 48.7 Å². The molecule has 2 aromatic heterocycles. The van der Waals surface area contributed by atoms with Crippen molar-refractivity contribution in [1.82, 2.24) is 18.6 Å². The summed E-state index contributed by atoms with van der Waals surface area (Å²) in [5.74, 6) is -0.763. The maximum Gasteiger partial charge on any atom is 0.304 e. The largest absolute Gasteiger partial charge is 0.490 e. The Kier molecular flexibility index (Phi) is 7.74. The molecule has 1 amide bonds. The number of pyridine rings is 1. The Morgan fingerprint density at radius 1 is 1.25 bits per heavy atom. The van der Waals surface area contributed by atoms with E-state index in [2.05, 4.69) is 14.7 Å². The number of anilines is 1. The molecule has 0 radical (unpaired) electrons. The highest BCUT2D eigenvalue weighted by atomic mass is 32.2. The summed E-state index contributed by atoms with van der Waals surface area (Å²) in [5.41, 5.74) is 1.92. The van der Waals surface area contributed by atoms with Crippen molar-refractivity contribution < 1.29 is 26.7 Å². The molecule has 1 aliphatic heterocycles. The van der Waals surface area contributed by atoms with Gasteiger partial charge < -0.3 is 9.64 Å². The second kappa shape index (κ2) is 10.8. The molecule has 1 aromatic carbocycles. The summed E-state index contributed by atoms with van der Waals surface area (Å²) in [4.78, 5) is 15.0. The maximum absolute atomic E-state index is 14.1. The van der Waals surface area contributed by atoms with Crippen LogP contribution in [-0.4, -0.2) is 61.2 Å². The van der Waals surface area contributed by atoms with Crippen molar-refractivity contribution in [3.05, 3.63) is 59.7 Å². The van der Waals surface area contributed by atoms with Crippen molar-refractivity contribution in [1.29, 1.82) is 0 Å². The van der Waals surface area contributed by atoms with Gasteiger partial charge in [-0.05, 0) is 43.2 Å². The van der Waals surface area contributed by atoms with E-state index in [0.717, 1.165) is 22.8 Å². The third-order valence-corrected chi connectivity index (χ3v) is 7.91. The molecule has 0 saturated carbocycles. The molecule has 1 fully saturated rings. The first-order chi connectivity index (χ1) is 17.3. The average molecular weight is 522 g/mol. The first-order valence-corrected chi connectivity index (χ1v) is 13.3. The number of nitrogens with zero attached hydrogens (tertiary/aromatic N) is 4. The number of aromatic nitrogens is 2. The minimum atomic E-state index is -3.99. The van der Waals surface area contributed by atoms with Gasteiger partial charge in [0, 0.05) is 37.1 Å². The normalized spacial score (nSPS) is 16.1. The standard InChI is InChI=1S/C24H29F2N5O4S/c1-3-29(4-2)36(33,34)28-24(32)20-16-27-31-12-9-18(15-22(20)31)30-11-5-6-21(30)19-14-17(26)7-8-23(19)35-13-10-25/h7-9,12,14-16,21H,3-6,10-11,13H2,1-2H3,(H,28,32)/t21-/m1/s1. The fourth-order valence-corrected chi connectivity index (χ4v) is 5.74. The molecule has 36 heavy (non-hydrogen) atoms. The van der Waals surface area contributed by atoms with E-state index in [4.69, 9.17) is 4.74 Å². The zero-order chi connectivity index (χ0) is 25.9. The number of rotatable bonds is 10. The number of alkyl halides is 1. The van der Waals surface area contributed by atoms with Gasteiger partial charge in [-0.25, -0.2) is 18.0 Å². The molecule has 12 heteroatoms. The molecule has 4 rings (SSSR count). The number of carbonyl (C=O) groups is 1. The second-order valence-electron chi connectivity index (χ2n) is 8.36. The quantitative estimate of drug-likeness (QED) is 0.439. The summed E-state index contributed by atoms with van der Waals surface area (Å²) in [7, 11) is -3.99. The Morgan fingerprint density at radius 3 is 2.75 bits per heavy atom. The number of hydrogen-bond acceptors (Lipinski definition) is 6. The van der Waals surface area contributed by atoms with E-state index in [0.29, 0.717) is 23.4 Å². The third-order valence-electron chi connectivity index (χ3n) is 6.27. The van der Waals surface area contributed by atoms with E-state index in [-0.39, 0.29) is 31.3 Å². The molecule has 0 bridgehead atoms. The molecule has 0 spiro atoms. The Morgan fingerprint density at radius 2 is 2.03 bits per heavy atom. The number of halogens is 2. The van der Waals surface area contributed by atoms with Gasteiger partial charge in [0.15, 0.2) is 0 Å². The van der Waals surface area contributed by atoms with Crippen LogP contribution in [0, 0.1) is 5.82 Å². The van der Waals surface area contributed by atoms with Crippen LogP contribution >= 0.6 is 0 Å². The summed E-state index contributed by atoms with van der Waals surface area (Å²) >= 11 is 0. The molecule has 1 aliphatic rings. The van der Waals surface area contributed by atoms with Gasteiger partial charge in [-0.3, -0.25) is 4.79 Å². The van der Waals surface area contributed by atoms with E-state index in [1.54, 1.807) is 26.1 Å². The van der Waals surface area contributed by atoms with Crippen LogP contribution in [-0.2, 0) is 10.2 Å². The molecule has 3 heterocycles. The minimum Gasteiger partial charge on any atom is -0.490 e. The lowest BCUT2D eigenvalue weighted by molar-refractivity contribution is 0.0980. The van der Waals surface area contributed by atoms with Crippen molar-refractivity contribution in [2.75, 3.05) is 37.8 Å². The lowest BCUT2D eigenvalue weighted by Gasteiger charge is -2.28. The predicted octanol–water partition coefficient (Wildman–Crippen LogP) is 3.48. The van der Waals surface area contributed by atoms with Gasteiger partial charge >= 0.3 is 10.2 Å². The smallest absolute Gasteiger partial charge is 0.304 e. The van der Waals surface area contributed by atoms with Gasteiger partial charge in [0.05, 0.1) is 23.3 Å². The lowest BCUT2D eigenvalue weighted by Crippen LogP contribution is -2.43. The first-order valence-electron chi connectivity index (χ1n) is 11.8. The molecule has 3 aromatic rings. The average Bonchev–Trinajstić information content (AvgIpc) is 3.50. The summed E-state index contributed by atoms with van der Waals surface area (Å²) in [6.07, 6.45) is 4.57. The number of nitrogens with one attached hydrogen (secondary N) is 1. The van der Waals surface area contributed by atoms with E-state index < -0.39 is 28.6 Å². The molecule has 9 nitrogen and oxygen atoms in total. The summed E-state index contributed by atoms with van der Waals surface area (Å²) in [6.45, 7) is 3.73. The zero-order valence-corrected chi connectivity index (χ0v) is 21.0. The molecule has 0 unspecified atom stereocenters. The monoisotopic (exact) mass is 521 g/mol. The van der Waals surface area contributed by atoms with E-state index in [1.165, 1.54) is 28.9 Å². The number of amides is 1. The van der Waals surface area contributed by atoms with E-state index in [9.17, 15) is 22.0 Å². The minimum absolute atomic E-state index is 0.112. The molecule has 1 N–H and O–H groups in total. The molecule has 0 aliphatic carbocycles. The number of hydrogen-bond donors (Lipinski definition) is 1. The van der Waals surface area contributed by atoms with Crippen molar-refractivity contribution in [3.63, 3.8) is 0 Å². The Balaban J connectivity index is 1.66. The SMILES string of the molecule is CCN(CC)S(=O)(=O)NC(=O)c1cnn2ccc(N3CCC[C@@H]3c3cc(F)ccc3OCCF)cc12. The Bertz CT molecular complexity index is 1340. The van der Waals surface area contributed by atoms with Crippen LogP contribution in [0.25, 0.3) is 5.52 Å². The highest BCUT2D eigenvalue weighted by Gasteiger charge is 2.30. The molecule has 194 valence electrons. The van der Waals surface area contributed by atoms with Crippen molar-refractivity contribution in [2.45, 2.75) is 32.7 Å². The fraction of sp³-hybridized carbons (Fsp3) is 0.417. The highest BCUT2D eigenvalue weighted by molar-refractivity contribution is 7.87. The van der Waals surface area contributed by atoms with Gasteiger partial charge in [0.25, 0.3) is 5.91 Å². The number of fused-ring (bicyclic) bond motifs is 1. The Labute approximate surface area is 208 Å². The Hall–Kier alpha value is -3.25. The van der Waals surface area contributed by atoms with Gasteiger partial charge in [0.2, 0.25) is 0 Å². The number of benzene rings is 1. The summed E-state index contributed by atoms with van der Waals surface area (Å²) < 4.78 is 62.2. The third kappa shape index (κ3) is 5.14. The number of ether oxygens (including phenoxy) is 1. The second-order valence-corrected chi connectivity index (χ2v) is 10.0. The molecular formula is C24H29F2N5O4S. The van der Waals surface area contributed by atoms with Crippen molar-refractivity contribution in [2.24, 2.45) is 0 Å². The topological polar surface area (TPSA) is 96.2 Å². The van der Waals surface area contributed by atoms with Crippen LogP contribution in [0.15, 0.2) is 42.7 Å². The summed E-state index contributed by atoms with van der Waals surface area (Å²) in [6, 6.07) is 7.56. The summed E-state index contributed by atoms with van der Waals surface area (Å²) in [5, 5.41) is 4.18. The van der Waals surface area contributed by atoms with Crippen LogP contribution in [0.4, 0.5) is 14.5 Å².